The van der Waals surface area contributed by atoms with E-state index in [-0.39, 0.29) is 11.8 Å². The second kappa shape index (κ2) is 7.51. The molecule has 1 atom stereocenters. The van der Waals surface area contributed by atoms with Crippen molar-refractivity contribution in [1.82, 2.24) is 5.32 Å². The summed E-state index contributed by atoms with van der Waals surface area (Å²) < 4.78 is 0. The second-order valence-electron chi connectivity index (χ2n) is 6.49. The number of fused-ring (bicyclic) bond motifs is 1. The highest BCUT2D eigenvalue weighted by molar-refractivity contribution is 6.03. The molecule has 4 nitrogen and oxygen atoms in total. The molecule has 0 aliphatic carbocycles. The molecule has 1 aliphatic rings. The van der Waals surface area contributed by atoms with Crippen LogP contribution in [0.4, 0.5) is 5.69 Å². The Morgan fingerprint density at radius 2 is 1.84 bits per heavy atom. The van der Waals surface area contributed by atoms with Crippen molar-refractivity contribution in [3.63, 3.8) is 0 Å². The van der Waals surface area contributed by atoms with Gasteiger partial charge in [0.1, 0.15) is 6.04 Å². The number of aryl methyl sites for hydroxylation is 1. The molecule has 0 saturated heterocycles. The quantitative estimate of drug-likeness (QED) is 0.912. The lowest BCUT2D eigenvalue weighted by molar-refractivity contribution is -0.126. The zero-order valence-corrected chi connectivity index (χ0v) is 14.8. The van der Waals surface area contributed by atoms with E-state index in [9.17, 15) is 9.59 Å². The molecule has 0 saturated carbocycles. The Balaban J connectivity index is 1.65. The van der Waals surface area contributed by atoms with E-state index in [0.29, 0.717) is 19.4 Å². The van der Waals surface area contributed by atoms with Crippen LogP contribution in [0.5, 0.6) is 0 Å². The molecule has 130 valence electrons. The summed E-state index contributed by atoms with van der Waals surface area (Å²) in [6.45, 7) is 4.46. The average Bonchev–Trinajstić information content (AvgIpc) is 3.02. The molecular weight excluding hydrogens is 312 g/mol. The number of benzene rings is 2. The van der Waals surface area contributed by atoms with Crippen molar-refractivity contribution in [2.24, 2.45) is 0 Å². The highest BCUT2D eigenvalue weighted by Gasteiger charge is 2.37. The lowest BCUT2D eigenvalue weighted by atomic mass is 10.1. The van der Waals surface area contributed by atoms with Crippen molar-refractivity contribution in [3.05, 3.63) is 65.2 Å². The van der Waals surface area contributed by atoms with E-state index in [1.165, 1.54) is 11.1 Å². The lowest BCUT2D eigenvalue weighted by Crippen LogP contribution is -2.48. The monoisotopic (exact) mass is 336 g/mol. The van der Waals surface area contributed by atoms with Crippen LogP contribution in [0.15, 0.2) is 48.5 Å². The number of para-hydroxylation sites is 1. The minimum absolute atomic E-state index is 0.0105. The van der Waals surface area contributed by atoms with Crippen LogP contribution in [0.3, 0.4) is 0 Å². The molecule has 2 aromatic rings. The number of carbonyl (C=O) groups excluding carboxylic acids is 2. The SMILES string of the molecule is CCC(=O)N1c2ccccc2C[C@@H]1C(=O)NCCc1ccc(C)cc1. The Labute approximate surface area is 148 Å². The third kappa shape index (κ3) is 3.73. The normalized spacial score (nSPS) is 15.8. The standard InChI is InChI=1S/C21H24N2O2/c1-3-20(24)23-18-7-5-4-6-17(18)14-19(23)21(25)22-13-12-16-10-8-15(2)9-11-16/h4-11,19H,3,12-14H2,1-2H3,(H,22,25)/t19-/m1/s1. The maximum Gasteiger partial charge on any atom is 0.243 e. The molecule has 1 heterocycles. The first-order chi connectivity index (χ1) is 12.1. The summed E-state index contributed by atoms with van der Waals surface area (Å²) in [6, 6.07) is 15.6. The van der Waals surface area contributed by atoms with Gasteiger partial charge in [0.2, 0.25) is 11.8 Å². The van der Waals surface area contributed by atoms with Gasteiger partial charge in [0.05, 0.1) is 0 Å². The van der Waals surface area contributed by atoms with Crippen LogP contribution in [0.2, 0.25) is 0 Å². The maximum absolute atomic E-state index is 12.7. The zero-order valence-electron chi connectivity index (χ0n) is 14.8. The van der Waals surface area contributed by atoms with Gasteiger partial charge in [0.15, 0.2) is 0 Å². The summed E-state index contributed by atoms with van der Waals surface area (Å²) in [7, 11) is 0. The van der Waals surface area contributed by atoms with E-state index in [2.05, 4.69) is 36.5 Å². The average molecular weight is 336 g/mol. The molecule has 0 radical (unpaired) electrons. The van der Waals surface area contributed by atoms with Crippen LogP contribution in [-0.2, 0) is 22.4 Å². The van der Waals surface area contributed by atoms with Crippen molar-refractivity contribution in [2.75, 3.05) is 11.4 Å². The first-order valence-electron chi connectivity index (χ1n) is 8.83. The van der Waals surface area contributed by atoms with Crippen molar-refractivity contribution in [2.45, 2.75) is 39.2 Å². The number of nitrogens with one attached hydrogen (secondary N) is 1. The molecule has 2 aromatic carbocycles. The van der Waals surface area contributed by atoms with Crippen molar-refractivity contribution >= 4 is 17.5 Å². The molecule has 4 heteroatoms. The van der Waals surface area contributed by atoms with Crippen molar-refractivity contribution in [3.8, 4) is 0 Å². The smallest absolute Gasteiger partial charge is 0.243 e. The molecule has 0 fully saturated rings. The van der Waals surface area contributed by atoms with Gasteiger partial charge in [0, 0.05) is 25.1 Å². The Kier molecular flexibility index (Phi) is 5.17. The second-order valence-corrected chi connectivity index (χ2v) is 6.49. The van der Waals surface area contributed by atoms with Gasteiger partial charge in [-0.25, -0.2) is 0 Å². The fourth-order valence-corrected chi connectivity index (χ4v) is 3.28. The lowest BCUT2D eigenvalue weighted by Gasteiger charge is -2.24. The van der Waals surface area contributed by atoms with Crippen LogP contribution in [-0.4, -0.2) is 24.4 Å². The zero-order chi connectivity index (χ0) is 17.8. The summed E-state index contributed by atoms with van der Waals surface area (Å²) in [5.74, 6) is -0.0891. The first-order valence-corrected chi connectivity index (χ1v) is 8.83. The number of amides is 2. The van der Waals surface area contributed by atoms with Crippen molar-refractivity contribution in [1.29, 1.82) is 0 Å². The summed E-state index contributed by atoms with van der Waals surface area (Å²) in [5, 5.41) is 3.00. The van der Waals surface area contributed by atoms with Gasteiger partial charge in [-0.15, -0.1) is 0 Å². The van der Waals surface area contributed by atoms with E-state index in [1.54, 1.807) is 4.90 Å². The third-order valence-electron chi connectivity index (χ3n) is 4.68. The molecule has 0 unspecified atom stereocenters. The predicted octanol–water partition coefficient (Wildman–Crippen LogP) is 3.02. The minimum atomic E-state index is -0.442. The molecule has 2 amide bonds. The highest BCUT2D eigenvalue weighted by Crippen LogP contribution is 2.32. The minimum Gasteiger partial charge on any atom is -0.354 e. The van der Waals surface area contributed by atoms with E-state index in [1.807, 2.05) is 31.2 Å². The number of hydrogen-bond acceptors (Lipinski definition) is 2. The Morgan fingerprint density at radius 3 is 2.56 bits per heavy atom. The van der Waals surface area contributed by atoms with Gasteiger partial charge in [0.25, 0.3) is 0 Å². The topological polar surface area (TPSA) is 49.4 Å². The molecule has 0 spiro atoms. The Hall–Kier alpha value is -2.62. The van der Waals surface area contributed by atoms with Crippen molar-refractivity contribution < 1.29 is 9.59 Å². The van der Waals surface area contributed by atoms with Crippen LogP contribution >= 0.6 is 0 Å². The molecule has 3 rings (SSSR count). The number of carbonyl (C=O) groups is 2. The summed E-state index contributed by atoms with van der Waals surface area (Å²) in [6.07, 6.45) is 1.76. The first kappa shape index (κ1) is 17.2. The fourth-order valence-electron chi connectivity index (χ4n) is 3.28. The molecule has 1 aliphatic heterocycles. The molecule has 1 N–H and O–H groups in total. The van der Waals surface area contributed by atoms with Gasteiger partial charge in [-0.1, -0.05) is 55.0 Å². The number of nitrogens with zero attached hydrogens (tertiary/aromatic N) is 1. The van der Waals surface area contributed by atoms with Crippen LogP contribution < -0.4 is 10.2 Å². The van der Waals surface area contributed by atoms with Crippen LogP contribution in [0.25, 0.3) is 0 Å². The highest BCUT2D eigenvalue weighted by atomic mass is 16.2. The predicted molar refractivity (Wildman–Crippen MR) is 99.6 cm³/mol. The van der Waals surface area contributed by atoms with E-state index in [0.717, 1.165) is 17.7 Å². The number of rotatable bonds is 5. The van der Waals surface area contributed by atoms with E-state index in [4.69, 9.17) is 0 Å². The van der Waals surface area contributed by atoms with Gasteiger partial charge >= 0.3 is 0 Å². The van der Waals surface area contributed by atoms with E-state index < -0.39 is 6.04 Å². The summed E-state index contributed by atoms with van der Waals surface area (Å²) in [5.41, 5.74) is 4.35. The molecule has 0 bridgehead atoms. The van der Waals surface area contributed by atoms with Gasteiger partial charge in [-0.2, -0.15) is 0 Å². The van der Waals surface area contributed by atoms with E-state index >= 15 is 0 Å². The Bertz CT molecular complexity index is 768. The van der Waals surface area contributed by atoms with Gasteiger partial charge in [-0.3, -0.25) is 14.5 Å². The summed E-state index contributed by atoms with van der Waals surface area (Å²) >= 11 is 0. The fraction of sp³-hybridized carbons (Fsp3) is 0.333. The maximum atomic E-state index is 12.7. The van der Waals surface area contributed by atoms with Gasteiger partial charge < -0.3 is 5.32 Å². The number of hydrogen-bond donors (Lipinski definition) is 1. The Morgan fingerprint density at radius 1 is 1.12 bits per heavy atom. The van der Waals surface area contributed by atoms with Crippen LogP contribution in [0.1, 0.15) is 30.0 Å². The summed E-state index contributed by atoms with van der Waals surface area (Å²) in [4.78, 5) is 26.7. The third-order valence-corrected chi connectivity index (χ3v) is 4.68. The van der Waals surface area contributed by atoms with Gasteiger partial charge in [-0.05, 0) is 30.5 Å². The molecule has 25 heavy (non-hydrogen) atoms. The molecular formula is C21H24N2O2. The largest absolute Gasteiger partial charge is 0.354 e. The number of anilines is 1. The molecule has 0 aromatic heterocycles. The van der Waals surface area contributed by atoms with Crippen LogP contribution in [0, 0.1) is 6.92 Å².